The van der Waals surface area contributed by atoms with E-state index in [1.54, 1.807) is 12.3 Å². The zero-order chi connectivity index (χ0) is 9.97. The van der Waals surface area contributed by atoms with E-state index in [0.29, 0.717) is 5.69 Å². The molecule has 0 unspecified atom stereocenters. The Bertz CT molecular complexity index is 479. The van der Waals surface area contributed by atoms with Crippen LogP contribution in [0.25, 0.3) is 10.8 Å². The van der Waals surface area contributed by atoms with Crippen LogP contribution < -0.4 is 5.73 Å². The Hall–Kier alpha value is -1.74. The van der Waals surface area contributed by atoms with Gasteiger partial charge in [0.2, 0.25) is 0 Å². The molecule has 0 atom stereocenters. The molecule has 2 rings (SSSR count). The number of rotatable bonds is 2. The normalized spacial score (nSPS) is 10.4. The molecule has 2 aromatic rings. The fourth-order valence-electron chi connectivity index (χ4n) is 1.34. The summed E-state index contributed by atoms with van der Waals surface area (Å²) in [6.45, 7) is 0.00530. The summed E-state index contributed by atoms with van der Waals surface area (Å²) in [6.07, 6.45) is 1.69. The van der Waals surface area contributed by atoms with Crippen LogP contribution in [0.1, 0.15) is 10.5 Å². The molecule has 2 N–H and O–H groups in total. The van der Waals surface area contributed by atoms with Gasteiger partial charge in [0.15, 0.2) is 5.78 Å². The smallest absolute Gasteiger partial charge is 0.194 e. The van der Waals surface area contributed by atoms with Gasteiger partial charge in [-0.1, -0.05) is 24.3 Å². The molecular formula is C11H10N2O. The zero-order valence-electron chi connectivity index (χ0n) is 7.60. The lowest BCUT2D eigenvalue weighted by Gasteiger charge is -1.99. The lowest BCUT2D eigenvalue weighted by molar-refractivity contribution is 0.0997. The Labute approximate surface area is 81.6 Å². The van der Waals surface area contributed by atoms with E-state index in [1.165, 1.54) is 0 Å². The van der Waals surface area contributed by atoms with Crippen LogP contribution in [0.15, 0.2) is 36.5 Å². The third-order valence-electron chi connectivity index (χ3n) is 2.10. The quantitative estimate of drug-likeness (QED) is 0.721. The summed E-state index contributed by atoms with van der Waals surface area (Å²) in [5.41, 5.74) is 5.69. The number of Topliss-reactive ketones (excluding diaryl/α,β-unsaturated/α-hetero) is 1. The van der Waals surface area contributed by atoms with Gasteiger partial charge in [-0.25, -0.2) is 0 Å². The van der Waals surface area contributed by atoms with Crippen molar-refractivity contribution < 1.29 is 4.79 Å². The topological polar surface area (TPSA) is 56.0 Å². The number of carbonyl (C=O) groups is 1. The molecule has 0 saturated heterocycles. The predicted molar refractivity (Wildman–Crippen MR) is 55.1 cm³/mol. The predicted octanol–water partition coefficient (Wildman–Crippen LogP) is 1.38. The van der Waals surface area contributed by atoms with Crippen molar-refractivity contribution in [3.8, 4) is 0 Å². The van der Waals surface area contributed by atoms with Crippen LogP contribution in [0, 0.1) is 0 Å². The first-order valence-electron chi connectivity index (χ1n) is 4.39. The van der Waals surface area contributed by atoms with E-state index in [0.717, 1.165) is 10.8 Å². The van der Waals surface area contributed by atoms with Gasteiger partial charge < -0.3 is 5.73 Å². The minimum atomic E-state index is -0.129. The lowest BCUT2D eigenvalue weighted by atomic mass is 10.1. The van der Waals surface area contributed by atoms with Crippen molar-refractivity contribution in [1.29, 1.82) is 0 Å². The maximum absolute atomic E-state index is 11.3. The summed E-state index contributed by atoms with van der Waals surface area (Å²) in [4.78, 5) is 15.3. The maximum atomic E-state index is 11.3. The average molecular weight is 186 g/mol. The molecule has 1 aromatic heterocycles. The van der Waals surface area contributed by atoms with Gasteiger partial charge in [0, 0.05) is 11.6 Å². The van der Waals surface area contributed by atoms with Crippen molar-refractivity contribution in [2.45, 2.75) is 0 Å². The third kappa shape index (κ3) is 1.49. The fraction of sp³-hybridized carbons (Fsp3) is 0.0909. The van der Waals surface area contributed by atoms with Crippen LogP contribution in [0.5, 0.6) is 0 Å². The molecule has 1 aromatic carbocycles. The molecule has 0 aliphatic heterocycles. The number of fused-ring (bicyclic) bond motifs is 1. The summed E-state index contributed by atoms with van der Waals surface area (Å²) in [7, 11) is 0. The SMILES string of the molecule is NCC(=O)c1cc2ccccc2cn1. The van der Waals surface area contributed by atoms with Crippen molar-refractivity contribution in [3.05, 3.63) is 42.2 Å². The van der Waals surface area contributed by atoms with Crippen molar-refractivity contribution in [2.75, 3.05) is 6.54 Å². The summed E-state index contributed by atoms with van der Waals surface area (Å²) >= 11 is 0. The minimum absolute atomic E-state index is 0.00530. The van der Waals surface area contributed by atoms with Gasteiger partial charge in [-0.15, -0.1) is 0 Å². The Morgan fingerprint density at radius 1 is 1.29 bits per heavy atom. The molecule has 1 heterocycles. The number of hydrogen-bond acceptors (Lipinski definition) is 3. The van der Waals surface area contributed by atoms with Gasteiger partial charge in [-0.05, 0) is 11.5 Å². The van der Waals surface area contributed by atoms with Gasteiger partial charge in [0.25, 0.3) is 0 Å². The lowest BCUT2D eigenvalue weighted by Crippen LogP contribution is -2.14. The Kier molecular flexibility index (Phi) is 2.24. The van der Waals surface area contributed by atoms with Gasteiger partial charge in [-0.2, -0.15) is 0 Å². The molecule has 3 nitrogen and oxygen atoms in total. The monoisotopic (exact) mass is 186 g/mol. The van der Waals surface area contributed by atoms with E-state index in [-0.39, 0.29) is 12.3 Å². The van der Waals surface area contributed by atoms with Gasteiger partial charge >= 0.3 is 0 Å². The van der Waals surface area contributed by atoms with Crippen LogP contribution in [0.2, 0.25) is 0 Å². The van der Waals surface area contributed by atoms with E-state index >= 15 is 0 Å². The van der Waals surface area contributed by atoms with Crippen molar-refractivity contribution in [3.63, 3.8) is 0 Å². The largest absolute Gasteiger partial charge is 0.324 e. The molecule has 0 aliphatic carbocycles. The fourth-order valence-corrected chi connectivity index (χ4v) is 1.34. The summed E-state index contributed by atoms with van der Waals surface area (Å²) in [5.74, 6) is -0.129. The molecule has 0 radical (unpaired) electrons. The highest BCUT2D eigenvalue weighted by atomic mass is 16.1. The number of ketones is 1. The molecule has 0 amide bonds. The molecule has 0 aliphatic rings. The second-order valence-corrected chi connectivity index (χ2v) is 3.04. The third-order valence-corrected chi connectivity index (χ3v) is 2.10. The Morgan fingerprint density at radius 3 is 2.71 bits per heavy atom. The summed E-state index contributed by atoms with van der Waals surface area (Å²) in [5, 5.41) is 2.04. The average Bonchev–Trinajstić information content (AvgIpc) is 2.27. The van der Waals surface area contributed by atoms with E-state index in [2.05, 4.69) is 4.98 Å². The van der Waals surface area contributed by atoms with Crippen molar-refractivity contribution in [2.24, 2.45) is 5.73 Å². The number of aromatic nitrogens is 1. The summed E-state index contributed by atoms with van der Waals surface area (Å²) < 4.78 is 0. The molecule has 70 valence electrons. The zero-order valence-corrected chi connectivity index (χ0v) is 7.60. The highest BCUT2D eigenvalue weighted by Crippen LogP contribution is 2.13. The van der Waals surface area contributed by atoms with E-state index < -0.39 is 0 Å². The minimum Gasteiger partial charge on any atom is -0.324 e. The van der Waals surface area contributed by atoms with Gasteiger partial charge in [0.1, 0.15) is 5.69 Å². The van der Waals surface area contributed by atoms with Crippen LogP contribution in [-0.4, -0.2) is 17.3 Å². The first-order valence-corrected chi connectivity index (χ1v) is 4.39. The highest BCUT2D eigenvalue weighted by molar-refractivity contribution is 5.98. The van der Waals surface area contributed by atoms with Crippen molar-refractivity contribution in [1.82, 2.24) is 4.98 Å². The van der Waals surface area contributed by atoms with Crippen LogP contribution in [-0.2, 0) is 0 Å². The first-order chi connectivity index (χ1) is 6.81. The maximum Gasteiger partial charge on any atom is 0.194 e. The highest BCUT2D eigenvalue weighted by Gasteiger charge is 2.04. The number of carbonyl (C=O) groups excluding carboxylic acids is 1. The number of nitrogens with two attached hydrogens (primary N) is 1. The van der Waals surface area contributed by atoms with E-state index in [1.807, 2.05) is 24.3 Å². The van der Waals surface area contributed by atoms with Crippen LogP contribution in [0.4, 0.5) is 0 Å². The standard InChI is InChI=1S/C11H10N2O/c12-6-11(14)10-5-8-3-1-2-4-9(8)7-13-10/h1-5,7H,6,12H2. The molecule has 0 spiro atoms. The van der Waals surface area contributed by atoms with Crippen molar-refractivity contribution >= 4 is 16.6 Å². The molecule has 0 bridgehead atoms. The second kappa shape index (κ2) is 3.55. The number of nitrogens with zero attached hydrogens (tertiary/aromatic N) is 1. The molecule has 0 fully saturated rings. The molecular weight excluding hydrogens is 176 g/mol. The Balaban J connectivity index is 2.56. The molecule has 14 heavy (non-hydrogen) atoms. The summed E-state index contributed by atoms with van der Waals surface area (Å²) in [6, 6.07) is 9.54. The Morgan fingerprint density at radius 2 is 2.00 bits per heavy atom. The first kappa shape index (κ1) is 8.84. The number of benzene rings is 1. The van der Waals surface area contributed by atoms with Crippen LogP contribution >= 0.6 is 0 Å². The number of pyridine rings is 1. The van der Waals surface area contributed by atoms with E-state index in [9.17, 15) is 4.79 Å². The number of hydrogen-bond donors (Lipinski definition) is 1. The van der Waals surface area contributed by atoms with E-state index in [4.69, 9.17) is 5.73 Å². The molecule has 3 heteroatoms. The second-order valence-electron chi connectivity index (χ2n) is 3.04. The van der Waals surface area contributed by atoms with Crippen LogP contribution in [0.3, 0.4) is 0 Å². The van der Waals surface area contributed by atoms with Gasteiger partial charge in [-0.3, -0.25) is 9.78 Å². The van der Waals surface area contributed by atoms with Gasteiger partial charge in [0.05, 0.1) is 6.54 Å². The molecule has 0 saturated carbocycles.